The van der Waals surface area contributed by atoms with E-state index in [1.807, 2.05) is 27.7 Å². The lowest BCUT2D eigenvalue weighted by molar-refractivity contribution is 1.41. The summed E-state index contributed by atoms with van der Waals surface area (Å²) in [7, 11) is 0. The van der Waals surface area contributed by atoms with Gasteiger partial charge in [-0.3, -0.25) is 0 Å². The van der Waals surface area contributed by atoms with Crippen molar-refractivity contribution in [2.75, 3.05) is 0 Å². The van der Waals surface area contributed by atoms with Crippen LogP contribution in [0.25, 0.3) is 22.6 Å². The summed E-state index contributed by atoms with van der Waals surface area (Å²) in [5.41, 5.74) is 7.70. The van der Waals surface area contributed by atoms with Gasteiger partial charge in [-0.15, -0.1) is 11.8 Å². The largest absolute Gasteiger partial charge is 0.360 e. The first kappa shape index (κ1) is 21.3. The van der Waals surface area contributed by atoms with Crippen molar-refractivity contribution >= 4 is 22.6 Å². The second kappa shape index (κ2) is 11.0. The van der Waals surface area contributed by atoms with Gasteiger partial charge in [0.05, 0.1) is 0 Å². The minimum Gasteiger partial charge on any atom is -0.360 e. The zero-order valence-corrected chi connectivity index (χ0v) is 17.2. The van der Waals surface area contributed by atoms with Gasteiger partial charge >= 0.3 is 0 Å². The van der Waals surface area contributed by atoms with Gasteiger partial charge in [-0.2, -0.15) is 0 Å². The number of hydrogen-bond acceptors (Lipinski definition) is 0. The summed E-state index contributed by atoms with van der Waals surface area (Å²) in [4.78, 5) is 3.38. The molecule has 1 aromatic heterocycles. The van der Waals surface area contributed by atoms with Crippen LogP contribution in [0.1, 0.15) is 56.9 Å². The fraction of sp³-hybridized carbons (Fsp3) is 0.280. The van der Waals surface area contributed by atoms with Crippen molar-refractivity contribution in [3.8, 4) is 11.8 Å². The minimum atomic E-state index is 1.23. The molecule has 1 heteroatoms. The van der Waals surface area contributed by atoms with Crippen molar-refractivity contribution in [1.29, 1.82) is 0 Å². The van der Waals surface area contributed by atoms with E-state index in [0.29, 0.717) is 0 Å². The number of fused-ring (bicyclic) bond motifs is 1. The predicted octanol–water partition coefficient (Wildman–Crippen LogP) is 7.40. The summed E-state index contributed by atoms with van der Waals surface area (Å²) in [5, 5.41) is 1.29. The maximum Gasteiger partial charge on any atom is 0.0489 e. The summed E-state index contributed by atoms with van der Waals surface area (Å²) in [6.07, 6.45) is 4.36. The lowest BCUT2D eigenvalue weighted by atomic mass is 9.99. The highest BCUT2D eigenvalue weighted by Gasteiger charge is 2.05. The Morgan fingerprint density at radius 2 is 1.50 bits per heavy atom. The second-order valence-electron chi connectivity index (χ2n) is 5.88. The number of aryl methyl sites for hydroxylation is 2. The number of hydrogen-bond donors (Lipinski definition) is 1. The van der Waals surface area contributed by atoms with E-state index in [9.17, 15) is 0 Å². The molecule has 136 valence electrons. The molecule has 1 N–H and O–H groups in total. The highest BCUT2D eigenvalue weighted by molar-refractivity contribution is 5.95. The molecule has 1 heterocycles. The van der Waals surface area contributed by atoms with Crippen molar-refractivity contribution in [2.45, 2.75) is 48.5 Å². The molecular weight excluding hydrogens is 314 g/mol. The Morgan fingerprint density at radius 1 is 0.885 bits per heavy atom. The Kier molecular flexibility index (Phi) is 9.02. The highest BCUT2D eigenvalue weighted by Crippen LogP contribution is 2.26. The Labute approximate surface area is 159 Å². The van der Waals surface area contributed by atoms with Gasteiger partial charge < -0.3 is 4.98 Å². The molecule has 0 saturated carbocycles. The molecule has 0 spiro atoms. The molecule has 0 atom stereocenters. The number of aromatic amines is 1. The first-order valence-corrected chi connectivity index (χ1v) is 9.23. The topological polar surface area (TPSA) is 15.8 Å². The molecule has 26 heavy (non-hydrogen) atoms. The fourth-order valence-corrected chi connectivity index (χ4v) is 2.77. The van der Waals surface area contributed by atoms with E-state index in [2.05, 4.69) is 92.3 Å². The molecule has 0 aliphatic rings. The van der Waals surface area contributed by atoms with Gasteiger partial charge in [-0.05, 0) is 63.0 Å². The molecule has 0 aliphatic heterocycles. The van der Waals surface area contributed by atoms with E-state index in [4.69, 9.17) is 0 Å². The van der Waals surface area contributed by atoms with Crippen molar-refractivity contribution in [3.05, 3.63) is 70.9 Å². The van der Waals surface area contributed by atoms with Crippen LogP contribution in [0.2, 0.25) is 0 Å². The van der Waals surface area contributed by atoms with Crippen LogP contribution in [0.3, 0.4) is 0 Å². The van der Waals surface area contributed by atoms with Crippen molar-refractivity contribution in [1.82, 2.24) is 4.98 Å². The van der Waals surface area contributed by atoms with Crippen LogP contribution in [0, 0.1) is 25.7 Å². The van der Waals surface area contributed by atoms with Crippen molar-refractivity contribution in [2.24, 2.45) is 0 Å². The summed E-state index contributed by atoms with van der Waals surface area (Å²) >= 11 is 0. The van der Waals surface area contributed by atoms with Crippen LogP contribution in [-0.2, 0) is 0 Å². The van der Waals surface area contributed by atoms with E-state index in [-0.39, 0.29) is 0 Å². The van der Waals surface area contributed by atoms with Gasteiger partial charge in [-0.1, -0.05) is 56.3 Å². The lowest BCUT2D eigenvalue weighted by Gasteiger charge is -2.05. The van der Waals surface area contributed by atoms with Gasteiger partial charge in [0.1, 0.15) is 0 Å². The van der Waals surface area contributed by atoms with E-state index < -0.39 is 0 Å². The zero-order chi connectivity index (χ0) is 19.5. The van der Waals surface area contributed by atoms with Crippen LogP contribution in [0.15, 0.2) is 48.7 Å². The number of benzene rings is 2. The molecule has 0 bridgehead atoms. The SMILES string of the molecule is C/C(=C/c1c[nH]c2c(C)cccc12)c1ccccc1C.CC.CC#CC. The number of H-pyrrole nitrogens is 1. The average Bonchev–Trinajstić information content (AvgIpc) is 3.08. The molecule has 0 unspecified atom stereocenters. The Morgan fingerprint density at radius 3 is 2.12 bits per heavy atom. The minimum absolute atomic E-state index is 1.23. The molecule has 0 amide bonds. The van der Waals surface area contributed by atoms with E-state index >= 15 is 0 Å². The summed E-state index contributed by atoms with van der Waals surface area (Å²) in [6, 6.07) is 15.0. The number of allylic oxidation sites excluding steroid dienone is 1. The van der Waals surface area contributed by atoms with Crippen molar-refractivity contribution < 1.29 is 0 Å². The molecule has 0 saturated heterocycles. The van der Waals surface area contributed by atoms with E-state index in [1.165, 1.54) is 38.7 Å². The smallest absolute Gasteiger partial charge is 0.0489 e. The maximum absolute atomic E-state index is 3.38. The third kappa shape index (κ3) is 5.39. The molecule has 2 aromatic carbocycles. The Balaban J connectivity index is 0.000000500. The van der Waals surface area contributed by atoms with Gasteiger partial charge in [-0.25, -0.2) is 0 Å². The highest BCUT2D eigenvalue weighted by atomic mass is 14.7. The summed E-state index contributed by atoms with van der Waals surface area (Å²) in [6.45, 7) is 14.1. The van der Waals surface area contributed by atoms with Gasteiger partial charge in [0.15, 0.2) is 0 Å². The van der Waals surface area contributed by atoms with Gasteiger partial charge in [0.2, 0.25) is 0 Å². The van der Waals surface area contributed by atoms with Gasteiger partial charge in [0.25, 0.3) is 0 Å². The number of rotatable bonds is 2. The Bertz CT molecular complexity index is 908. The first-order valence-electron chi connectivity index (χ1n) is 9.23. The van der Waals surface area contributed by atoms with E-state index in [0.717, 1.165) is 0 Å². The van der Waals surface area contributed by atoms with Crippen molar-refractivity contribution in [3.63, 3.8) is 0 Å². The molecule has 0 aliphatic carbocycles. The molecule has 1 nitrogen and oxygen atoms in total. The zero-order valence-electron chi connectivity index (χ0n) is 17.2. The third-order valence-electron chi connectivity index (χ3n) is 4.15. The van der Waals surface area contributed by atoms with Crippen LogP contribution < -0.4 is 0 Å². The van der Waals surface area contributed by atoms with E-state index in [1.54, 1.807) is 0 Å². The molecule has 3 rings (SSSR count). The predicted molar refractivity (Wildman–Crippen MR) is 118 cm³/mol. The lowest BCUT2D eigenvalue weighted by Crippen LogP contribution is -1.84. The Hall–Kier alpha value is -2.72. The van der Waals surface area contributed by atoms with Crippen LogP contribution in [0.5, 0.6) is 0 Å². The molecule has 0 radical (unpaired) electrons. The fourth-order valence-electron chi connectivity index (χ4n) is 2.77. The molecule has 3 aromatic rings. The van der Waals surface area contributed by atoms with Crippen LogP contribution in [0.4, 0.5) is 0 Å². The number of aromatic nitrogens is 1. The normalized spacial score (nSPS) is 10.0. The molecular formula is C25H31N. The monoisotopic (exact) mass is 345 g/mol. The van der Waals surface area contributed by atoms with Crippen LogP contribution >= 0.6 is 0 Å². The standard InChI is InChI=1S/C19H19N.C4H6.C2H6/c1-13-7-4-5-9-17(13)15(3)11-16-12-20-19-14(2)8-6-10-18(16)19;1-3-4-2;1-2/h4-12,20H,1-3H3;1-2H3;1-2H3/b15-11-;;. The number of para-hydroxylation sites is 1. The second-order valence-corrected chi connectivity index (χ2v) is 5.88. The summed E-state index contributed by atoms with van der Waals surface area (Å²) < 4.78 is 0. The first-order chi connectivity index (χ1) is 12.6. The molecule has 0 fully saturated rings. The summed E-state index contributed by atoms with van der Waals surface area (Å²) in [5.74, 6) is 5.36. The van der Waals surface area contributed by atoms with Crippen LogP contribution in [-0.4, -0.2) is 4.98 Å². The average molecular weight is 346 g/mol. The third-order valence-corrected chi connectivity index (χ3v) is 4.15. The maximum atomic E-state index is 3.38. The quantitative estimate of drug-likeness (QED) is 0.466. The number of nitrogens with one attached hydrogen (secondary N) is 1. The van der Waals surface area contributed by atoms with Gasteiger partial charge in [0, 0.05) is 22.7 Å².